The summed E-state index contributed by atoms with van der Waals surface area (Å²) in [6, 6.07) is -0.269. The van der Waals surface area contributed by atoms with Crippen LogP contribution in [0.25, 0.3) is 0 Å². The summed E-state index contributed by atoms with van der Waals surface area (Å²) < 4.78 is 5.38. The highest BCUT2D eigenvalue weighted by molar-refractivity contribution is 5.74. The van der Waals surface area contributed by atoms with Gasteiger partial charge in [0.1, 0.15) is 6.04 Å². The van der Waals surface area contributed by atoms with Crippen LogP contribution in [0.15, 0.2) is 0 Å². The van der Waals surface area contributed by atoms with Gasteiger partial charge in [0.25, 0.3) is 0 Å². The van der Waals surface area contributed by atoms with E-state index in [9.17, 15) is 4.79 Å². The number of carboxylic acids is 1. The van der Waals surface area contributed by atoms with Crippen LogP contribution in [0, 0.1) is 11.8 Å². The van der Waals surface area contributed by atoms with Crippen LogP contribution >= 0.6 is 0 Å². The molecule has 94 valence electrons. The third-order valence-corrected chi connectivity index (χ3v) is 3.06. The Morgan fingerprint density at radius 2 is 2.12 bits per heavy atom. The zero-order valence-electron chi connectivity index (χ0n) is 10.4. The first kappa shape index (κ1) is 13.5. The van der Waals surface area contributed by atoms with Crippen molar-refractivity contribution in [2.45, 2.75) is 45.7 Å². The van der Waals surface area contributed by atoms with Crippen LogP contribution in [0.3, 0.4) is 0 Å². The van der Waals surface area contributed by atoms with E-state index in [2.05, 4.69) is 19.2 Å². The van der Waals surface area contributed by atoms with Gasteiger partial charge in [-0.15, -0.1) is 0 Å². The van der Waals surface area contributed by atoms with E-state index in [1.54, 1.807) is 0 Å². The summed E-state index contributed by atoms with van der Waals surface area (Å²) in [6.07, 6.45) is 2.06. The number of carbonyl (C=O) groups is 1. The van der Waals surface area contributed by atoms with Crippen molar-refractivity contribution < 1.29 is 14.6 Å². The summed E-state index contributed by atoms with van der Waals surface area (Å²) >= 11 is 0. The van der Waals surface area contributed by atoms with Crippen LogP contribution in [0.1, 0.15) is 33.6 Å². The lowest BCUT2D eigenvalue weighted by molar-refractivity contribution is -0.140. The molecule has 0 heterocycles. The fraction of sp³-hybridized carbons (Fsp3) is 0.917. The average Bonchev–Trinajstić information content (AvgIpc) is 3.00. The van der Waals surface area contributed by atoms with Gasteiger partial charge in [-0.25, -0.2) is 0 Å². The molecule has 4 heteroatoms. The Morgan fingerprint density at radius 1 is 1.50 bits per heavy atom. The Balaban J connectivity index is 2.47. The van der Waals surface area contributed by atoms with Crippen LogP contribution in [0.2, 0.25) is 0 Å². The Hall–Kier alpha value is -0.610. The van der Waals surface area contributed by atoms with Crippen molar-refractivity contribution in [3.63, 3.8) is 0 Å². The summed E-state index contributed by atoms with van der Waals surface area (Å²) in [4.78, 5) is 11.1. The molecule has 1 aliphatic carbocycles. The second kappa shape index (κ2) is 6.21. The van der Waals surface area contributed by atoms with Crippen LogP contribution in [0.4, 0.5) is 0 Å². The van der Waals surface area contributed by atoms with Crippen molar-refractivity contribution in [3.8, 4) is 0 Å². The normalized spacial score (nSPS) is 19.8. The van der Waals surface area contributed by atoms with Crippen molar-refractivity contribution in [2.24, 2.45) is 11.8 Å². The molecule has 0 radical (unpaired) electrons. The number of rotatable bonds is 8. The molecule has 2 unspecified atom stereocenters. The molecular formula is C12H23NO3. The lowest BCUT2D eigenvalue weighted by Crippen LogP contribution is -2.49. The van der Waals surface area contributed by atoms with Gasteiger partial charge >= 0.3 is 5.97 Å². The summed E-state index contributed by atoms with van der Waals surface area (Å²) in [5, 5.41) is 12.4. The molecule has 0 aromatic heterocycles. The van der Waals surface area contributed by atoms with E-state index in [-0.39, 0.29) is 6.04 Å². The molecule has 16 heavy (non-hydrogen) atoms. The van der Waals surface area contributed by atoms with Crippen LogP contribution in [-0.2, 0) is 9.53 Å². The molecule has 0 aromatic carbocycles. The first-order valence-corrected chi connectivity index (χ1v) is 6.12. The number of carboxylic acid groups (broad SMARTS) is 1. The molecule has 1 aliphatic rings. The largest absolute Gasteiger partial charge is 0.480 e. The Labute approximate surface area is 97.4 Å². The summed E-state index contributed by atoms with van der Waals surface area (Å²) in [5.74, 6) is -0.0304. The number of hydrogen-bond donors (Lipinski definition) is 2. The molecule has 0 aromatic rings. The first-order valence-electron chi connectivity index (χ1n) is 6.12. The molecule has 1 rings (SSSR count). The minimum atomic E-state index is -0.732. The summed E-state index contributed by atoms with van der Waals surface area (Å²) in [7, 11) is 0. The van der Waals surface area contributed by atoms with Crippen molar-refractivity contribution in [2.75, 3.05) is 13.2 Å². The van der Waals surface area contributed by atoms with Crippen LogP contribution in [0.5, 0.6) is 0 Å². The summed E-state index contributed by atoms with van der Waals surface area (Å²) in [6.45, 7) is 7.38. The van der Waals surface area contributed by atoms with Gasteiger partial charge in [0.2, 0.25) is 0 Å². The number of aliphatic carboxylic acids is 1. The van der Waals surface area contributed by atoms with Crippen molar-refractivity contribution in [1.29, 1.82) is 0 Å². The van der Waals surface area contributed by atoms with Crippen molar-refractivity contribution in [1.82, 2.24) is 5.32 Å². The Morgan fingerprint density at radius 3 is 2.50 bits per heavy atom. The van der Waals surface area contributed by atoms with Gasteiger partial charge in [-0.05, 0) is 31.6 Å². The molecular weight excluding hydrogens is 206 g/mol. The molecule has 0 saturated heterocycles. The third-order valence-electron chi connectivity index (χ3n) is 3.06. The summed E-state index contributed by atoms with van der Waals surface area (Å²) in [5.41, 5.74) is 0. The van der Waals surface area contributed by atoms with Gasteiger partial charge in [0.15, 0.2) is 0 Å². The molecule has 1 fully saturated rings. The van der Waals surface area contributed by atoms with Crippen LogP contribution in [-0.4, -0.2) is 36.4 Å². The van der Waals surface area contributed by atoms with E-state index in [4.69, 9.17) is 9.84 Å². The van der Waals surface area contributed by atoms with Gasteiger partial charge in [-0.3, -0.25) is 10.1 Å². The van der Waals surface area contributed by atoms with E-state index in [1.165, 1.54) is 0 Å². The predicted octanol–water partition coefficient (Wildman–Crippen LogP) is 1.50. The van der Waals surface area contributed by atoms with Crippen molar-refractivity contribution in [3.05, 3.63) is 0 Å². The topological polar surface area (TPSA) is 58.6 Å². The fourth-order valence-electron chi connectivity index (χ4n) is 1.75. The Bertz CT molecular complexity index is 226. The predicted molar refractivity (Wildman–Crippen MR) is 62.4 cm³/mol. The average molecular weight is 229 g/mol. The molecule has 1 saturated carbocycles. The van der Waals surface area contributed by atoms with Crippen LogP contribution < -0.4 is 5.32 Å². The van der Waals surface area contributed by atoms with Gasteiger partial charge in [0, 0.05) is 12.6 Å². The minimum Gasteiger partial charge on any atom is -0.480 e. The van der Waals surface area contributed by atoms with Crippen molar-refractivity contribution >= 4 is 5.97 Å². The number of nitrogens with one attached hydrogen (secondary N) is 1. The zero-order valence-corrected chi connectivity index (χ0v) is 10.4. The van der Waals surface area contributed by atoms with E-state index in [0.29, 0.717) is 25.0 Å². The first-order chi connectivity index (χ1) is 7.56. The highest BCUT2D eigenvalue weighted by Gasteiger charge is 2.37. The minimum absolute atomic E-state index is 0.127. The maximum atomic E-state index is 11.1. The Kier molecular flexibility index (Phi) is 5.22. The quantitative estimate of drug-likeness (QED) is 0.662. The van der Waals surface area contributed by atoms with Gasteiger partial charge in [0.05, 0.1) is 6.61 Å². The fourth-order valence-corrected chi connectivity index (χ4v) is 1.75. The van der Waals surface area contributed by atoms with E-state index in [1.807, 2.05) is 6.92 Å². The molecule has 4 nitrogen and oxygen atoms in total. The molecule has 0 bridgehead atoms. The number of ether oxygens (including phenoxy) is 1. The van der Waals surface area contributed by atoms with Gasteiger partial charge in [-0.2, -0.15) is 0 Å². The smallest absolute Gasteiger partial charge is 0.320 e. The maximum absolute atomic E-state index is 11.1. The maximum Gasteiger partial charge on any atom is 0.320 e. The highest BCUT2D eigenvalue weighted by atomic mass is 16.5. The standard InChI is InChI=1S/C12H23NO3/c1-4-16-7-10(8(2)3)13-11(12(14)15)9-5-6-9/h8-11,13H,4-7H2,1-3H3,(H,14,15). The molecule has 0 amide bonds. The second-order valence-electron chi connectivity index (χ2n) is 4.83. The van der Waals surface area contributed by atoms with Gasteiger partial charge in [-0.1, -0.05) is 13.8 Å². The molecule has 0 spiro atoms. The monoisotopic (exact) mass is 229 g/mol. The van der Waals surface area contributed by atoms with E-state index in [0.717, 1.165) is 12.8 Å². The van der Waals surface area contributed by atoms with E-state index >= 15 is 0 Å². The lowest BCUT2D eigenvalue weighted by Gasteiger charge is -2.26. The zero-order chi connectivity index (χ0) is 12.1. The molecule has 2 atom stereocenters. The second-order valence-corrected chi connectivity index (χ2v) is 4.83. The molecule has 0 aliphatic heterocycles. The van der Waals surface area contributed by atoms with E-state index < -0.39 is 12.0 Å². The third kappa shape index (κ3) is 4.10. The highest BCUT2D eigenvalue weighted by Crippen LogP contribution is 2.33. The lowest BCUT2D eigenvalue weighted by atomic mass is 10.0. The SMILES string of the molecule is CCOCC(NC(C(=O)O)C1CC1)C(C)C. The number of hydrogen-bond acceptors (Lipinski definition) is 3. The van der Waals surface area contributed by atoms with Gasteiger partial charge < -0.3 is 9.84 Å². The molecule has 2 N–H and O–H groups in total.